The molecule has 1 saturated heterocycles. The van der Waals surface area contributed by atoms with Crippen LogP contribution in [0.2, 0.25) is 0 Å². The number of thioether (sulfide) groups is 2. The first-order valence-corrected chi connectivity index (χ1v) is 30.8. The van der Waals surface area contributed by atoms with Crippen molar-refractivity contribution >= 4 is 81.5 Å². The molecule has 86 heavy (non-hydrogen) atoms. The van der Waals surface area contributed by atoms with E-state index in [1.54, 1.807) is 40.2 Å². The van der Waals surface area contributed by atoms with Gasteiger partial charge in [-0.1, -0.05) is 170 Å². The molecule has 3 aliphatic heterocycles. The third kappa shape index (κ3) is 13.1. The Bertz CT molecular complexity index is 3570. The van der Waals surface area contributed by atoms with Gasteiger partial charge in [0.1, 0.15) is 45.9 Å². The summed E-state index contributed by atoms with van der Waals surface area (Å²) in [6.45, 7) is 9.01. The average Bonchev–Trinajstić information content (AvgIpc) is 0.909. The summed E-state index contributed by atoms with van der Waals surface area (Å²) >= 11 is 3.86. The normalized spacial score (nSPS) is 17.5. The van der Waals surface area contributed by atoms with Crippen LogP contribution in [-0.2, 0) is 60.8 Å². The van der Waals surface area contributed by atoms with Crippen molar-refractivity contribution in [3.63, 3.8) is 0 Å². The number of carbonyl (C=O) groups excluding carboxylic acids is 5. The molecular formula is C67H64N6O10S3. The second kappa shape index (κ2) is 26.7. The number of benzene rings is 6. The van der Waals surface area contributed by atoms with Gasteiger partial charge in [0.15, 0.2) is 23.1 Å². The number of amides is 2. The number of nitrogens with one attached hydrogen (secondary N) is 2. The quantitative estimate of drug-likeness (QED) is 0.0202. The lowest BCUT2D eigenvalue weighted by Gasteiger charge is -2.49. The Hall–Kier alpha value is -8.62. The third-order valence-corrected chi connectivity index (χ3v) is 18.0. The Morgan fingerprint density at radius 1 is 0.826 bits per heavy atom. The van der Waals surface area contributed by atoms with E-state index < -0.39 is 64.1 Å². The van der Waals surface area contributed by atoms with Gasteiger partial charge in [0.2, 0.25) is 0 Å². The number of ether oxygens (including phenoxy) is 4. The lowest BCUT2D eigenvalue weighted by atomic mass is 9.77. The lowest BCUT2D eigenvalue weighted by molar-refractivity contribution is -0.187. The van der Waals surface area contributed by atoms with E-state index >= 15 is 0 Å². The topological polar surface area (TPSA) is 196 Å². The smallest absolute Gasteiger partial charge is 0.360 e. The molecule has 4 unspecified atom stereocenters. The van der Waals surface area contributed by atoms with Crippen LogP contribution in [0.4, 0.5) is 5.13 Å². The van der Waals surface area contributed by atoms with Gasteiger partial charge in [0.25, 0.3) is 17.4 Å². The number of β-lactam (4-membered cyclic amide) rings is 1. The van der Waals surface area contributed by atoms with E-state index in [9.17, 15) is 24.0 Å². The highest BCUT2D eigenvalue weighted by molar-refractivity contribution is 8.06. The molecule has 1 aromatic heterocycles. The van der Waals surface area contributed by atoms with Crippen molar-refractivity contribution in [2.75, 3.05) is 23.9 Å². The predicted octanol–water partition coefficient (Wildman–Crippen LogP) is 11.6. The van der Waals surface area contributed by atoms with E-state index in [0.29, 0.717) is 32.6 Å². The van der Waals surface area contributed by atoms with Gasteiger partial charge in [0.05, 0.1) is 19.4 Å². The first-order chi connectivity index (χ1) is 41.6. The zero-order valence-corrected chi connectivity index (χ0v) is 50.7. The van der Waals surface area contributed by atoms with Crippen LogP contribution >= 0.6 is 34.9 Å². The maximum atomic E-state index is 14.9. The van der Waals surface area contributed by atoms with Gasteiger partial charge in [0, 0.05) is 40.5 Å². The number of rotatable bonds is 23. The molecule has 10 rings (SSSR count). The number of thiazole rings is 1. The Kier molecular flexibility index (Phi) is 18.8. The largest absolute Gasteiger partial charge is 0.497 e. The SMILES string of the molecule is CCC(O/N=C\C(=O)NC1C(=O)N2C(C(=O)OC(c3ccccc3)c3ccccc3)=C(SCC3=NC=CC(=O)C3OCc3ccc(OC)cc3C)CSC12)(C(=O)OC(C)(C)C)c1csc(NC(c2ccccc2)(c2ccccc2)c2ccccc2)n1. The molecule has 0 aliphatic carbocycles. The first kappa shape index (κ1) is 60.5. The summed E-state index contributed by atoms with van der Waals surface area (Å²) in [7, 11) is 1.59. The molecule has 1 fully saturated rings. The molecule has 16 nitrogen and oxygen atoms in total. The number of anilines is 1. The Morgan fingerprint density at radius 2 is 1.42 bits per heavy atom. The van der Waals surface area contributed by atoms with Crippen molar-refractivity contribution in [3.8, 4) is 5.75 Å². The highest BCUT2D eigenvalue weighted by Crippen LogP contribution is 2.46. The fourth-order valence-corrected chi connectivity index (χ4v) is 13.7. The molecule has 4 heterocycles. The fraction of sp³-hybridized carbons (Fsp3) is 0.254. The minimum Gasteiger partial charge on any atom is -0.497 e. The van der Waals surface area contributed by atoms with Crippen LogP contribution in [0.15, 0.2) is 208 Å². The lowest BCUT2D eigenvalue weighted by Crippen LogP contribution is -2.70. The van der Waals surface area contributed by atoms with Gasteiger partial charge in [-0.05, 0) is 78.8 Å². The van der Waals surface area contributed by atoms with Crippen LogP contribution in [-0.4, -0.2) is 93.1 Å². The maximum absolute atomic E-state index is 14.9. The molecule has 6 aromatic carbocycles. The highest BCUT2D eigenvalue weighted by Gasteiger charge is 2.55. The molecule has 7 aromatic rings. The van der Waals surface area contributed by atoms with Crippen LogP contribution in [0.25, 0.3) is 0 Å². The number of hydrogen-bond donors (Lipinski definition) is 2. The van der Waals surface area contributed by atoms with Crippen molar-refractivity contribution < 1.29 is 47.8 Å². The van der Waals surface area contributed by atoms with Crippen molar-refractivity contribution in [1.82, 2.24) is 15.2 Å². The van der Waals surface area contributed by atoms with E-state index in [4.69, 9.17) is 28.8 Å². The molecular weight excluding hydrogens is 1140 g/mol. The summed E-state index contributed by atoms with van der Waals surface area (Å²) < 4.78 is 24.0. The molecule has 0 radical (unpaired) electrons. The summed E-state index contributed by atoms with van der Waals surface area (Å²) in [6, 6.07) is 53.1. The number of fused-ring (bicyclic) bond motifs is 1. The summed E-state index contributed by atoms with van der Waals surface area (Å²) in [5.74, 6) is -2.15. The van der Waals surface area contributed by atoms with Crippen LogP contribution < -0.4 is 15.4 Å². The molecule has 4 atom stereocenters. The second-order valence-corrected chi connectivity index (χ2v) is 24.4. The number of hydrogen-bond acceptors (Lipinski definition) is 17. The molecule has 440 valence electrons. The molecule has 2 N–H and O–H groups in total. The van der Waals surface area contributed by atoms with Crippen molar-refractivity contribution in [1.29, 1.82) is 0 Å². The standard InChI is InChI=1S/C67H64N6O10S3/c1-7-66(63(78)82-65(3,4)5,54-42-86-64(70-54)72-67(47-27-17-10-18-28-47,48-29-19-11-20-30-48)49-31-21-12-22-32-49)83-69-38-55(75)71-56-60(76)73-57(62(77)81-58(44-23-13-8-14-24-44)45-25-15-9-16-26-45)53(41-85-61(56)73)84-40-51-59(52(74)35-36-68-51)80-39-46-33-34-50(79-6)37-43(46)2/h8-38,42,56,58-59,61H,7,39-41H2,1-6H3,(H,70,72)(H,71,75)/b69-38-. The van der Waals surface area contributed by atoms with Crippen molar-refractivity contribution in [2.24, 2.45) is 10.1 Å². The van der Waals surface area contributed by atoms with Gasteiger partial charge < -0.3 is 34.4 Å². The molecule has 0 spiro atoms. The number of methoxy groups -OCH3 is 1. The monoisotopic (exact) mass is 1210 g/mol. The number of aliphatic imine (C=N–C) groups is 1. The number of esters is 2. The third-order valence-electron chi connectivity index (χ3n) is 14.7. The number of ketones is 1. The Balaban J connectivity index is 0.900. The van der Waals surface area contributed by atoms with Gasteiger partial charge in [-0.2, -0.15) is 0 Å². The molecule has 3 aliphatic rings. The van der Waals surface area contributed by atoms with Gasteiger partial charge in [-0.3, -0.25) is 24.3 Å². The van der Waals surface area contributed by atoms with Crippen molar-refractivity contribution in [2.45, 2.75) is 88.0 Å². The minimum absolute atomic E-state index is 0.00157. The summed E-state index contributed by atoms with van der Waals surface area (Å²) in [5.41, 5.74) is 2.85. The average molecular weight is 1210 g/mol. The zero-order chi connectivity index (χ0) is 60.4. The molecule has 19 heteroatoms. The van der Waals surface area contributed by atoms with E-state index in [2.05, 4.69) is 20.8 Å². The van der Waals surface area contributed by atoms with Crippen LogP contribution in [0.3, 0.4) is 0 Å². The first-order valence-electron chi connectivity index (χ1n) is 27.9. The molecule has 0 bridgehead atoms. The van der Waals surface area contributed by atoms with Gasteiger partial charge in [-0.15, -0.1) is 34.9 Å². The van der Waals surface area contributed by atoms with Gasteiger partial charge in [-0.25, -0.2) is 14.6 Å². The summed E-state index contributed by atoms with van der Waals surface area (Å²) in [6.07, 6.45) is 1.81. The van der Waals surface area contributed by atoms with E-state index in [1.807, 2.05) is 177 Å². The summed E-state index contributed by atoms with van der Waals surface area (Å²) in [4.78, 5) is 88.9. The number of aryl methyl sites for hydroxylation is 1. The summed E-state index contributed by atoms with van der Waals surface area (Å²) in [5, 5.41) is 12.0. The second-order valence-electron chi connectivity index (χ2n) is 21.4. The highest BCUT2D eigenvalue weighted by atomic mass is 32.2. The molecule has 2 amide bonds. The van der Waals surface area contributed by atoms with Crippen LogP contribution in [0, 0.1) is 6.92 Å². The Labute approximate surface area is 512 Å². The van der Waals surface area contributed by atoms with Crippen LogP contribution in [0.5, 0.6) is 5.75 Å². The van der Waals surface area contributed by atoms with E-state index in [-0.39, 0.29) is 41.7 Å². The molecule has 0 saturated carbocycles. The zero-order valence-electron chi connectivity index (χ0n) is 48.2. The number of oxime groups is 1. The van der Waals surface area contributed by atoms with E-state index in [1.165, 1.54) is 52.0 Å². The number of aromatic nitrogens is 1. The number of carbonyl (C=O) groups is 5. The minimum atomic E-state index is -1.93. The van der Waals surface area contributed by atoms with Crippen LogP contribution in [0.1, 0.15) is 84.9 Å². The predicted molar refractivity (Wildman–Crippen MR) is 336 cm³/mol. The van der Waals surface area contributed by atoms with Crippen molar-refractivity contribution in [3.05, 3.63) is 243 Å². The van der Waals surface area contributed by atoms with Gasteiger partial charge >= 0.3 is 11.9 Å². The maximum Gasteiger partial charge on any atom is 0.360 e. The van der Waals surface area contributed by atoms with E-state index in [0.717, 1.165) is 34.0 Å². The Morgan fingerprint density at radius 3 is 1.98 bits per heavy atom. The fourth-order valence-electron chi connectivity index (χ4n) is 10.3. The number of nitrogens with zero attached hydrogens (tertiary/aromatic N) is 4.